The summed E-state index contributed by atoms with van der Waals surface area (Å²) in [5.74, 6) is -0.950. The van der Waals surface area contributed by atoms with Gasteiger partial charge in [0.05, 0.1) is 6.10 Å². The number of carbonyl (C=O) groups is 1. The largest absolute Gasteiger partial charge is 0.487 e. The maximum atomic E-state index is 13.0. The Morgan fingerprint density at radius 2 is 1.72 bits per heavy atom. The quantitative estimate of drug-likeness (QED) is 0.377. The molecule has 0 fully saturated rings. The zero-order valence-electron chi connectivity index (χ0n) is 17.6. The second-order valence-corrected chi connectivity index (χ2v) is 12.2. The number of halogens is 3. The maximum absolute atomic E-state index is 13.0. The summed E-state index contributed by atoms with van der Waals surface area (Å²) in [6, 6.07) is 6.33. The first-order valence-corrected chi connectivity index (χ1v) is 12.8. The molecule has 1 aromatic rings. The number of hydrogen-bond acceptors (Lipinski definition) is 4. The lowest BCUT2D eigenvalue weighted by Gasteiger charge is -2.34. The van der Waals surface area contributed by atoms with Gasteiger partial charge in [0.25, 0.3) is 0 Å². The maximum Gasteiger partial charge on any atom is 0.471 e. The van der Waals surface area contributed by atoms with Gasteiger partial charge >= 0.3 is 12.1 Å². The van der Waals surface area contributed by atoms with Crippen molar-refractivity contribution in [3.8, 4) is 11.5 Å². The fourth-order valence-electron chi connectivity index (χ4n) is 2.55. The average molecular weight is 434 g/mol. The van der Waals surface area contributed by atoms with Gasteiger partial charge in [-0.25, -0.2) is 0 Å². The average Bonchev–Trinajstić information content (AvgIpc) is 2.60. The van der Waals surface area contributed by atoms with Crippen molar-refractivity contribution < 1.29 is 31.9 Å². The second-order valence-electron chi connectivity index (χ2n) is 7.76. The van der Waals surface area contributed by atoms with Crippen LogP contribution in [0, 0.1) is 0 Å². The van der Waals surface area contributed by atoms with Crippen LogP contribution in [-0.4, -0.2) is 57.2 Å². The van der Waals surface area contributed by atoms with E-state index in [1.165, 1.54) is 13.8 Å². The van der Waals surface area contributed by atoms with Gasteiger partial charge in [-0.1, -0.05) is 24.8 Å². The Kier molecular flexibility index (Phi) is 9.22. The minimum absolute atomic E-state index is 0.0207. The van der Waals surface area contributed by atoms with Crippen LogP contribution < -0.4 is 9.47 Å². The van der Waals surface area contributed by atoms with Crippen molar-refractivity contribution in [1.29, 1.82) is 0 Å². The van der Waals surface area contributed by atoms with Crippen LogP contribution >= 0.6 is 0 Å². The smallest absolute Gasteiger partial charge is 0.471 e. The van der Waals surface area contributed by atoms with Crippen molar-refractivity contribution in [2.75, 3.05) is 19.8 Å². The zero-order valence-corrected chi connectivity index (χ0v) is 18.6. The summed E-state index contributed by atoms with van der Waals surface area (Å²) in [5, 5.41) is 0. The van der Waals surface area contributed by atoms with E-state index in [1.807, 2.05) is 19.6 Å². The lowest BCUT2D eigenvalue weighted by molar-refractivity contribution is -0.188. The highest BCUT2D eigenvalue weighted by molar-refractivity contribution is 6.69. The summed E-state index contributed by atoms with van der Waals surface area (Å²) in [7, 11) is -2.12. The molecule has 0 aliphatic carbocycles. The molecule has 29 heavy (non-hydrogen) atoms. The number of alkyl halides is 3. The number of ether oxygens (including phenoxy) is 2. The van der Waals surface area contributed by atoms with Crippen LogP contribution in [-0.2, 0) is 9.22 Å². The molecule has 0 heterocycles. The van der Waals surface area contributed by atoms with Crippen LogP contribution in [0.3, 0.4) is 0 Å². The summed E-state index contributed by atoms with van der Waals surface area (Å²) < 4.78 is 56.3. The van der Waals surface area contributed by atoms with E-state index in [0.29, 0.717) is 11.5 Å². The molecule has 0 aromatic heterocycles. The molecule has 1 aromatic carbocycles. The SMILES string of the molecule is C=CCOc1ccccc1OCC(CN(C(=O)C(F)(F)F)C(C)C)O[Si](C)(C)C. The number of rotatable bonds is 11. The Morgan fingerprint density at radius 1 is 1.17 bits per heavy atom. The van der Waals surface area contributed by atoms with Crippen molar-refractivity contribution in [3.63, 3.8) is 0 Å². The zero-order chi connectivity index (χ0) is 22.2. The van der Waals surface area contributed by atoms with Crippen LogP contribution in [0.15, 0.2) is 36.9 Å². The predicted molar refractivity (Wildman–Crippen MR) is 109 cm³/mol. The molecule has 1 unspecified atom stereocenters. The third-order valence-electron chi connectivity index (χ3n) is 3.68. The van der Waals surface area contributed by atoms with Crippen LogP contribution in [0.2, 0.25) is 19.6 Å². The molecule has 0 saturated heterocycles. The van der Waals surface area contributed by atoms with Gasteiger partial charge in [-0.15, -0.1) is 0 Å². The molecule has 1 atom stereocenters. The summed E-state index contributed by atoms with van der Waals surface area (Å²) in [6.45, 7) is 12.5. The van der Waals surface area contributed by atoms with E-state index in [0.717, 1.165) is 4.90 Å². The highest BCUT2D eigenvalue weighted by atomic mass is 28.4. The highest BCUT2D eigenvalue weighted by Gasteiger charge is 2.44. The van der Waals surface area contributed by atoms with Gasteiger partial charge in [0, 0.05) is 12.6 Å². The van der Waals surface area contributed by atoms with E-state index in [9.17, 15) is 18.0 Å². The van der Waals surface area contributed by atoms with Crippen molar-refractivity contribution >= 4 is 14.2 Å². The van der Waals surface area contributed by atoms with Crippen LogP contribution in [0.4, 0.5) is 13.2 Å². The van der Waals surface area contributed by atoms with Crippen molar-refractivity contribution in [2.45, 2.75) is 51.8 Å². The van der Waals surface area contributed by atoms with Gasteiger partial charge in [0.1, 0.15) is 13.2 Å². The summed E-state index contributed by atoms with van der Waals surface area (Å²) in [6.07, 6.45) is -4.07. The first-order chi connectivity index (χ1) is 13.3. The van der Waals surface area contributed by atoms with E-state index in [2.05, 4.69) is 6.58 Å². The van der Waals surface area contributed by atoms with Gasteiger partial charge in [0.2, 0.25) is 0 Å². The molecular weight excluding hydrogens is 403 g/mol. The number of benzene rings is 1. The minimum atomic E-state index is -4.94. The molecule has 1 amide bonds. The molecule has 0 aliphatic heterocycles. The minimum Gasteiger partial charge on any atom is -0.487 e. The molecular formula is C20H30F3NO4Si. The lowest BCUT2D eigenvalue weighted by Crippen LogP contribution is -2.51. The van der Waals surface area contributed by atoms with Gasteiger partial charge in [-0.3, -0.25) is 4.79 Å². The molecule has 164 valence electrons. The van der Waals surface area contributed by atoms with Gasteiger partial charge < -0.3 is 18.8 Å². The normalized spacial score (nSPS) is 13.1. The Hall–Kier alpha value is -2.00. The molecule has 5 nitrogen and oxygen atoms in total. The standard InChI is InChI=1S/C20H30F3NO4Si/c1-7-12-26-17-10-8-9-11-18(17)27-14-16(28-29(4,5)6)13-24(15(2)3)19(25)20(21,22)23/h7-11,15-16H,1,12-14H2,2-6H3. The fourth-order valence-corrected chi connectivity index (χ4v) is 3.70. The third-order valence-corrected chi connectivity index (χ3v) is 4.72. The number of para-hydroxylation sites is 2. The number of amides is 1. The van der Waals surface area contributed by atoms with Gasteiger partial charge in [-0.2, -0.15) is 13.2 Å². The molecule has 0 bridgehead atoms. The molecule has 9 heteroatoms. The first-order valence-electron chi connectivity index (χ1n) is 9.36. The Bertz CT molecular complexity index is 674. The van der Waals surface area contributed by atoms with Gasteiger partial charge in [0.15, 0.2) is 19.8 Å². The van der Waals surface area contributed by atoms with Crippen LogP contribution in [0.1, 0.15) is 13.8 Å². The van der Waals surface area contributed by atoms with E-state index in [4.69, 9.17) is 13.9 Å². The van der Waals surface area contributed by atoms with Crippen molar-refractivity contribution in [3.05, 3.63) is 36.9 Å². The monoisotopic (exact) mass is 433 g/mol. The van der Waals surface area contributed by atoms with Gasteiger partial charge in [-0.05, 0) is 45.6 Å². The Balaban J connectivity index is 2.99. The lowest BCUT2D eigenvalue weighted by atomic mass is 10.2. The molecule has 0 N–H and O–H groups in total. The highest BCUT2D eigenvalue weighted by Crippen LogP contribution is 2.27. The number of hydrogen-bond donors (Lipinski definition) is 0. The Morgan fingerprint density at radius 3 is 2.17 bits per heavy atom. The Labute approximate surface area is 171 Å². The van der Waals surface area contributed by atoms with E-state index in [-0.39, 0.29) is 19.8 Å². The third kappa shape index (κ3) is 8.91. The molecule has 0 radical (unpaired) electrons. The fraction of sp³-hybridized carbons (Fsp3) is 0.550. The van der Waals surface area contributed by atoms with Crippen molar-refractivity contribution in [1.82, 2.24) is 4.90 Å². The topological polar surface area (TPSA) is 48.0 Å². The molecule has 0 saturated carbocycles. The van der Waals surface area contributed by atoms with E-state index in [1.54, 1.807) is 30.3 Å². The van der Waals surface area contributed by atoms with E-state index >= 15 is 0 Å². The molecule has 0 spiro atoms. The van der Waals surface area contributed by atoms with E-state index < -0.39 is 32.5 Å². The second kappa shape index (κ2) is 10.7. The molecule has 1 rings (SSSR count). The number of carbonyl (C=O) groups excluding carboxylic acids is 1. The summed E-state index contributed by atoms with van der Waals surface area (Å²) in [4.78, 5) is 12.6. The number of nitrogens with zero attached hydrogens (tertiary/aromatic N) is 1. The van der Waals surface area contributed by atoms with Crippen molar-refractivity contribution in [2.24, 2.45) is 0 Å². The summed E-state index contributed by atoms with van der Waals surface area (Å²) in [5.41, 5.74) is 0. The van der Waals surface area contributed by atoms with Crippen LogP contribution in [0.25, 0.3) is 0 Å². The first kappa shape index (κ1) is 25.0. The summed E-state index contributed by atoms with van der Waals surface area (Å²) >= 11 is 0. The predicted octanol–water partition coefficient (Wildman–Crippen LogP) is 4.65. The van der Waals surface area contributed by atoms with Crippen LogP contribution in [0.5, 0.6) is 11.5 Å². The molecule has 0 aliphatic rings.